The van der Waals surface area contributed by atoms with E-state index in [9.17, 15) is 13.2 Å². The minimum absolute atomic E-state index is 0.115. The number of hydrogen-bond acceptors (Lipinski definition) is 5. The molecule has 112 valence electrons. The van der Waals surface area contributed by atoms with Crippen molar-refractivity contribution in [2.45, 2.75) is 30.9 Å². The number of aromatic carboxylic acids is 1. The number of pyridine rings is 1. The largest absolute Gasteiger partial charge is 0.478 e. The Balaban J connectivity index is 1.89. The second-order valence-electron chi connectivity index (χ2n) is 5.24. The summed E-state index contributed by atoms with van der Waals surface area (Å²) in [5.74, 6) is -0.370. The Kier molecular flexibility index (Phi) is 3.40. The zero-order valence-electron chi connectivity index (χ0n) is 11.3. The van der Waals surface area contributed by atoms with Gasteiger partial charge in [0.2, 0.25) is 0 Å². The van der Waals surface area contributed by atoms with E-state index >= 15 is 0 Å². The lowest BCUT2D eigenvalue weighted by Crippen LogP contribution is -2.30. The molecule has 1 N–H and O–H groups in total. The van der Waals surface area contributed by atoms with Crippen molar-refractivity contribution in [3.8, 4) is 0 Å². The van der Waals surface area contributed by atoms with Gasteiger partial charge in [-0.3, -0.25) is 0 Å². The summed E-state index contributed by atoms with van der Waals surface area (Å²) in [5.41, 5.74) is 0.632. The number of fused-ring (bicyclic) bond motifs is 1. The molecule has 1 aliphatic heterocycles. The first kappa shape index (κ1) is 14.0. The Hall–Kier alpha value is -1.96. The van der Waals surface area contributed by atoms with Crippen LogP contribution in [0.1, 0.15) is 35.4 Å². The minimum Gasteiger partial charge on any atom is -0.478 e. The highest BCUT2D eigenvalue weighted by Gasteiger charge is 2.30. The van der Waals surface area contributed by atoms with E-state index in [0.29, 0.717) is 17.9 Å². The Morgan fingerprint density at radius 1 is 1.38 bits per heavy atom. The van der Waals surface area contributed by atoms with Gasteiger partial charge in [-0.1, -0.05) is 6.42 Å². The topological polar surface area (TPSA) is 102 Å². The monoisotopic (exact) mass is 309 g/mol. The SMILES string of the molecule is O=C(O)c1ccc2nc(CC3CCCCS3(=O)=O)nn2c1. The maximum Gasteiger partial charge on any atom is 0.337 e. The van der Waals surface area contributed by atoms with Crippen molar-refractivity contribution >= 4 is 21.5 Å². The van der Waals surface area contributed by atoms with Gasteiger partial charge in [-0.05, 0) is 25.0 Å². The average Bonchev–Trinajstić information content (AvgIpc) is 2.82. The van der Waals surface area contributed by atoms with Gasteiger partial charge in [0.1, 0.15) is 0 Å². The van der Waals surface area contributed by atoms with Crippen molar-refractivity contribution in [3.05, 3.63) is 29.7 Å². The van der Waals surface area contributed by atoms with Crippen molar-refractivity contribution in [2.75, 3.05) is 5.75 Å². The number of carboxylic acid groups (broad SMARTS) is 1. The summed E-state index contributed by atoms with van der Waals surface area (Å²) in [6.45, 7) is 0. The minimum atomic E-state index is -3.06. The summed E-state index contributed by atoms with van der Waals surface area (Å²) in [4.78, 5) is 15.2. The van der Waals surface area contributed by atoms with Crippen LogP contribution in [0.3, 0.4) is 0 Å². The van der Waals surface area contributed by atoms with Crippen molar-refractivity contribution in [2.24, 2.45) is 0 Å². The van der Waals surface area contributed by atoms with Gasteiger partial charge in [0.25, 0.3) is 0 Å². The number of carbonyl (C=O) groups is 1. The maximum absolute atomic E-state index is 12.0. The third kappa shape index (κ3) is 2.76. The molecule has 0 amide bonds. The third-order valence-electron chi connectivity index (χ3n) is 3.74. The van der Waals surface area contributed by atoms with Crippen LogP contribution in [-0.2, 0) is 16.3 Å². The van der Waals surface area contributed by atoms with E-state index in [1.165, 1.54) is 16.8 Å². The molecule has 0 spiro atoms. The molecule has 1 unspecified atom stereocenters. The van der Waals surface area contributed by atoms with Gasteiger partial charge in [0.15, 0.2) is 21.3 Å². The lowest BCUT2D eigenvalue weighted by molar-refractivity contribution is 0.0696. The summed E-state index contributed by atoms with van der Waals surface area (Å²) in [6, 6.07) is 3.02. The highest BCUT2D eigenvalue weighted by atomic mass is 32.2. The van der Waals surface area contributed by atoms with Crippen LogP contribution in [-0.4, -0.2) is 45.1 Å². The van der Waals surface area contributed by atoms with E-state index in [1.54, 1.807) is 6.07 Å². The van der Waals surface area contributed by atoms with E-state index in [-0.39, 0.29) is 17.7 Å². The fourth-order valence-electron chi connectivity index (χ4n) is 2.60. The first-order valence-electron chi connectivity index (χ1n) is 6.76. The molecule has 1 aliphatic rings. The van der Waals surface area contributed by atoms with E-state index in [0.717, 1.165) is 12.8 Å². The molecule has 0 bridgehead atoms. The van der Waals surface area contributed by atoms with E-state index in [1.807, 2.05) is 0 Å². The van der Waals surface area contributed by atoms with Crippen LogP contribution in [0.4, 0.5) is 0 Å². The van der Waals surface area contributed by atoms with Gasteiger partial charge in [0.05, 0.1) is 16.6 Å². The van der Waals surface area contributed by atoms with Crippen LogP contribution >= 0.6 is 0 Å². The molecular formula is C13H15N3O4S. The van der Waals surface area contributed by atoms with Gasteiger partial charge < -0.3 is 5.11 Å². The molecule has 2 aromatic rings. The Morgan fingerprint density at radius 3 is 2.90 bits per heavy atom. The predicted molar refractivity (Wildman–Crippen MR) is 75.1 cm³/mol. The second-order valence-corrected chi connectivity index (χ2v) is 7.64. The fraction of sp³-hybridized carbons (Fsp3) is 0.462. The molecule has 21 heavy (non-hydrogen) atoms. The smallest absolute Gasteiger partial charge is 0.337 e. The quantitative estimate of drug-likeness (QED) is 0.905. The van der Waals surface area contributed by atoms with Crippen LogP contribution in [0, 0.1) is 0 Å². The number of sulfone groups is 1. The molecule has 2 aromatic heterocycles. The van der Waals surface area contributed by atoms with Gasteiger partial charge in [-0.15, -0.1) is 0 Å². The Labute approximate surface area is 121 Å². The third-order valence-corrected chi connectivity index (χ3v) is 6.02. The van der Waals surface area contributed by atoms with Crippen molar-refractivity contribution < 1.29 is 18.3 Å². The predicted octanol–water partition coefficient (Wildman–Crippen LogP) is 0.937. The molecule has 1 fully saturated rings. The molecule has 1 atom stereocenters. The highest BCUT2D eigenvalue weighted by molar-refractivity contribution is 7.92. The Morgan fingerprint density at radius 2 is 2.19 bits per heavy atom. The Bertz CT molecular complexity index is 797. The van der Waals surface area contributed by atoms with E-state index in [2.05, 4.69) is 10.1 Å². The molecule has 3 rings (SSSR count). The van der Waals surface area contributed by atoms with Crippen LogP contribution in [0.2, 0.25) is 0 Å². The van der Waals surface area contributed by atoms with Crippen LogP contribution in [0.15, 0.2) is 18.3 Å². The molecule has 0 aliphatic carbocycles. The summed E-state index contributed by atoms with van der Waals surface area (Å²) < 4.78 is 25.4. The van der Waals surface area contributed by atoms with Gasteiger partial charge in [0, 0.05) is 12.6 Å². The second kappa shape index (κ2) is 5.10. The number of carboxylic acids is 1. The number of rotatable bonds is 3. The standard InChI is InChI=1S/C13H15N3O4S/c17-13(18)9-4-5-12-14-11(15-16(12)8-9)7-10-3-1-2-6-21(10,19)20/h4-5,8,10H,1-3,6-7H2,(H,17,18). The van der Waals surface area contributed by atoms with Crippen molar-refractivity contribution in [3.63, 3.8) is 0 Å². The molecule has 8 heteroatoms. The number of hydrogen-bond donors (Lipinski definition) is 1. The average molecular weight is 309 g/mol. The van der Waals surface area contributed by atoms with Crippen molar-refractivity contribution in [1.82, 2.24) is 14.6 Å². The normalized spacial score (nSPS) is 21.4. The molecule has 0 aromatic carbocycles. The van der Waals surface area contributed by atoms with Gasteiger partial charge in [-0.2, -0.15) is 5.10 Å². The van der Waals surface area contributed by atoms with Crippen LogP contribution in [0.5, 0.6) is 0 Å². The zero-order chi connectivity index (χ0) is 15.0. The summed E-state index contributed by atoms with van der Waals surface area (Å²) >= 11 is 0. The molecule has 1 saturated heterocycles. The van der Waals surface area contributed by atoms with E-state index in [4.69, 9.17) is 5.11 Å². The molecule has 0 saturated carbocycles. The first-order valence-corrected chi connectivity index (χ1v) is 8.47. The summed E-state index contributed by atoms with van der Waals surface area (Å²) in [6.07, 6.45) is 3.92. The molecule has 3 heterocycles. The number of nitrogens with zero attached hydrogens (tertiary/aromatic N) is 3. The summed E-state index contributed by atoms with van der Waals surface area (Å²) in [7, 11) is -3.06. The summed E-state index contributed by atoms with van der Waals surface area (Å²) in [5, 5.41) is 12.7. The molecule has 0 radical (unpaired) electrons. The fourth-order valence-corrected chi connectivity index (χ4v) is 4.46. The van der Waals surface area contributed by atoms with E-state index < -0.39 is 21.1 Å². The lowest BCUT2D eigenvalue weighted by atomic mass is 10.1. The molecular weight excluding hydrogens is 294 g/mol. The van der Waals surface area contributed by atoms with Gasteiger partial charge >= 0.3 is 5.97 Å². The van der Waals surface area contributed by atoms with Gasteiger partial charge in [-0.25, -0.2) is 22.7 Å². The highest BCUT2D eigenvalue weighted by Crippen LogP contribution is 2.22. The number of aromatic nitrogens is 3. The zero-order valence-corrected chi connectivity index (χ0v) is 12.1. The van der Waals surface area contributed by atoms with Crippen LogP contribution in [0.25, 0.3) is 5.65 Å². The lowest BCUT2D eigenvalue weighted by Gasteiger charge is -2.20. The maximum atomic E-state index is 12.0. The molecule has 7 nitrogen and oxygen atoms in total. The first-order chi connectivity index (χ1) is 9.95. The van der Waals surface area contributed by atoms with Crippen LogP contribution < -0.4 is 0 Å². The van der Waals surface area contributed by atoms with Crippen molar-refractivity contribution in [1.29, 1.82) is 0 Å².